The maximum atomic E-state index is 12.0. The van der Waals surface area contributed by atoms with E-state index >= 15 is 0 Å². The van der Waals surface area contributed by atoms with Crippen LogP contribution in [0.5, 0.6) is 0 Å². The summed E-state index contributed by atoms with van der Waals surface area (Å²) in [5, 5.41) is 9.59. The van der Waals surface area contributed by atoms with E-state index in [0.29, 0.717) is 6.42 Å². The first-order chi connectivity index (χ1) is 10.2. The second kappa shape index (κ2) is 6.28. The van der Waals surface area contributed by atoms with E-state index in [4.69, 9.17) is 0 Å². The fourth-order valence-electron chi connectivity index (χ4n) is 3.26. The summed E-state index contributed by atoms with van der Waals surface area (Å²) in [4.78, 5) is 26.9. The SMILES string of the molecule is CC(=O)N1c2ccc(Br)cc2[C@H](N(C(=O)O)C(C)C)C[C@@H]1C. The van der Waals surface area contributed by atoms with Crippen LogP contribution in [-0.4, -0.2) is 34.1 Å². The summed E-state index contributed by atoms with van der Waals surface area (Å²) in [7, 11) is 0. The van der Waals surface area contributed by atoms with Gasteiger partial charge in [-0.15, -0.1) is 0 Å². The molecule has 1 aromatic rings. The molecule has 0 bridgehead atoms. The van der Waals surface area contributed by atoms with Crippen LogP contribution < -0.4 is 4.90 Å². The molecule has 0 aromatic heterocycles. The highest BCUT2D eigenvalue weighted by Gasteiger charge is 2.38. The fourth-order valence-corrected chi connectivity index (χ4v) is 3.64. The number of rotatable bonds is 2. The zero-order chi connectivity index (χ0) is 16.6. The molecule has 1 aromatic carbocycles. The van der Waals surface area contributed by atoms with Crippen LogP contribution in [0, 0.1) is 0 Å². The fraction of sp³-hybridized carbons (Fsp3) is 0.500. The van der Waals surface area contributed by atoms with Crippen molar-refractivity contribution in [2.45, 2.75) is 52.2 Å². The summed E-state index contributed by atoms with van der Waals surface area (Å²) in [6.07, 6.45) is -0.345. The Morgan fingerprint density at radius 3 is 2.55 bits per heavy atom. The van der Waals surface area contributed by atoms with Crippen LogP contribution in [-0.2, 0) is 4.79 Å². The third-order valence-electron chi connectivity index (χ3n) is 4.07. The number of carbonyl (C=O) groups is 2. The van der Waals surface area contributed by atoms with E-state index < -0.39 is 6.09 Å². The molecule has 0 fully saturated rings. The Kier molecular flexibility index (Phi) is 4.80. The molecular weight excluding hydrogens is 348 g/mol. The van der Waals surface area contributed by atoms with Crippen molar-refractivity contribution in [3.63, 3.8) is 0 Å². The quantitative estimate of drug-likeness (QED) is 0.857. The van der Waals surface area contributed by atoms with Crippen molar-refractivity contribution in [3.8, 4) is 0 Å². The predicted molar refractivity (Wildman–Crippen MR) is 89.1 cm³/mol. The van der Waals surface area contributed by atoms with Crippen molar-refractivity contribution in [2.75, 3.05) is 4.90 Å². The molecule has 2 amide bonds. The van der Waals surface area contributed by atoms with E-state index in [9.17, 15) is 14.7 Å². The van der Waals surface area contributed by atoms with Gasteiger partial charge in [-0.1, -0.05) is 15.9 Å². The standard InChI is InChI=1S/C16H21BrN2O3/c1-9(2)18(16(21)22)15-7-10(3)19(11(4)20)14-6-5-12(17)8-13(14)15/h5-6,8-10,15H,7H2,1-4H3,(H,21,22)/t10-,15+/m0/s1. The lowest BCUT2D eigenvalue weighted by Crippen LogP contribution is -2.48. The Morgan fingerprint density at radius 1 is 1.41 bits per heavy atom. The van der Waals surface area contributed by atoms with Crippen LogP contribution >= 0.6 is 15.9 Å². The maximum Gasteiger partial charge on any atom is 0.408 e. The van der Waals surface area contributed by atoms with Gasteiger partial charge in [-0.25, -0.2) is 4.79 Å². The number of hydrogen-bond donors (Lipinski definition) is 1. The summed E-state index contributed by atoms with van der Waals surface area (Å²) in [6.45, 7) is 7.24. The lowest BCUT2D eigenvalue weighted by atomic mass is 9.90. The Morgan fingerprint density at radius 2 is 2.05 bits per heavy atom. The molecule has 6 heteroatoms. The molecule has 0 spiro atoms. The minimum atomic E-state index is -0.936. The molecule has 0 radical (unpaired) electrons. The number of carboxylic acid groups (broad SMARTS) is 1. The molecule has 5 nitrogen and oxygen atoms in total. The van der Waals surface area contributed by atoms with Crippen LogP contribution in [0.1, 0.15) is 45.7 Å². The van der Waals surface area contributed by atoms with E-state index in [-0.39, 0.29) is 24.0 Å². The van der Waals surface area contributed by atoms with Crippen molar-refractivity contribution < 1.29 is 14.7 Å². The molecule has 1 heterocycles. The van der Waals surface area contributed by atoms with Crippen molar-refractivity contribution >= 4 is 33.6 Å². The first kappa shape index (κ1) is 16.8. The van der Waals surface area contributed by atoms with Gasteiger partial charge in [-0.05, 0) is 51.0 Å². The molecule has 0 saturated heterocycles. The molecule has 1 aliphatic rings. The molecule has 0 aliphatic carbocycles. The van der Waals surface area contributed by atoms with Crippen molar-refractivity contribution in [1.82, 2.24) is 4.90 Å². The lowest BCUT2D eigenvalue weighted by molar-refractivity contribution is -0.117. The topological polar surface area (TPSA) is 60.9 Å². The van der Waals surface area contributed by atoms with Gasteiger partial charge in [0.25, 0.3) is 0 Å². The minimum absolute atomic E-state index is 0.0269. The number of anilines is 1. The monoisotopic (exact) mass is 368 g/mol. The van der Waals surface area contributed by atoms with E-state index in [1.165, 1.54) is 4.90 Å². The van der Waals surface area contributed by atoms with Crippen LogP contribution in [0.25, 0.3) is 0 Å². The van der Waals surface area contributed by atoms with Gasteiger partial charge in [0, 0.05) is 29.2 Å². The second-order valence-corrected chi connectivity index (χ2v) is 6.89. The molecule has 22 heavy (non-hydrogen) atoms. The minimum Gasteiger partial charge on any atom is -0.465 e. The second-order valence-electron chi connectivity index (χ2n) is 5.98. The van der Waals surface area contributed by atoms with E-state index in [1.54, 1.807) is 11.8 Å². The number of hydrogen-bond acceptors (Lipinski definition) is 2. The third kappa shape index (κ3) is 2.97. The van der Waals surface area contributed by atoms with Gasteiger partial charge in [0.1, 0.15) is 0 Å². The summed E-state index contributed by atoms with van der Waals surface area (Å²) in [5.41, 5.74) is 1.67. The average molecular weight is 369 g/mol. The number of halogens is 1. The Balaban J connectivity index is 2.59. The zero-order valence-electron chi connectivity index (χ0n) is 13.2. The molecule has 1 N–H and O–H groups in total. The summed E-state index contributed by atoms with van der Waals surface area (Å²) in [6, 6.07) is 5.24. The molecule has 2 rings (SSSR count). The summed E-state index contributed by atoms with van der Waals surface area (Å²) >= 11 is 3.44. The van der Waals surface area contributed by atoms with Gasteiger partial charge < -0.3 is 10.0 Å². The van der Waals surface area contributed by atoms with E-state index in [1.807, 2.05) is 39.0 Å². The Bertz CT molecular complexity index is 603. The van der Waals surface area contributed by atoms with Gasteiger partial charge in [0.15, 0.2) is 0 Å². The normalized spacial score (nSPS) is 20.7. The number of amides is 2. The van der Waals surface area contributed by atoms with Crippen LogP contribution in [0.15, 0.2) is 22.7 Å². The van der Waals surface area contributed by atoms with Gasteiger partial charge in [0.05, 0.1) is 6.04 Å². The number of benzene rings is 1. The van der Waals surface area contributed by atoms with E-state index in [0.717, 1.165) is 15.7 Å². The first-order valence-corrected chi connectivity index (χ1v) is 8.13. The maximum absolute atomic E-state index is 12.0. The van der Waals surface area contributed by atoms with Gasteiger partial charge in [-0.3, -0.25) is 9.69 Å². The molecule has 0 saturated carbocycles. The number of carbonyl (C=O) groups excluding carboxylic acids is 1. The van der Waals surface area contributed by atoms with Gasteiger partial charge >= 0.3 is 6.09 Å². The highest BCUT2D eigenvalue weighted by molar-refractivity contribution is 9.10. The average Bonchev–Trinajstić information content (AvgIpc) is 2.38. The number of nitrogens with zero attached hydrogens (tertiary/aromatic N) is 2. The Labute approximate surface area is 139 Å². The third-order valence-corrected chi connectivity index (χ3v) is 4.56. The highest BCUT2D eigenvalue weighted by atomic mass is 79.9. The Hall–Kier alpha value is -1.56. The summed E-state index contributed by atoms with van der Waals surface area (Å²) < 4.78 is 0.878. The molecule has 1 aliphatic heterocycles. The smallest absolute Gasteiger partial charge is 0.408 e. The van der Waals surface area contributed by atoms with Gasteiger partial charge in [-0.2, -0.15) is 0 Å². The first-order valence-electron chi connectivity index (χ1n) is 7.34. The molecule has 2 atom stereocenters. The summed E-state index contributed by atoms with van der Waals surface area (Å²) in [5.74, 6) is -0.0269. The van der Waals surface area contributed by atoms with Crippen molar-refractivity contribution in [1.29, 1.82) is 0 Å². The van der Waals surface area contributed by atoms with Crippen molar-refractivity contribution in [2.24, 2.45) is 0 Å². The van der Waals surface area contributed by atoms with Crippen LogP contribution in [0.2, 0.25) is 0 Å². The molecular formula is C16H21BrN2O3. The molecule has 120 valence electrons. The van der Waals surface area contributed by atoms with E-state index in [2.05, 4.69) is 15.9 Å². The largest absolute Gasteiger partial charge is 0.465 e. The zero-order valence-corrected chi connectivity index (χ0v) is 14.8. The number of fused-ring (bicyclic) bond motifs is 1. The van der Waals surface area contributed by atoms with Crippen molar-refractivity contribution in [3.05, 3.63) is 28.2 Å². The van der Waals surface area contributed by atoms with Gasteiger partial charge in [0.2, 0.25) is 5.91 Å². The van der Waals surface area contributed by atoms with Crippen LogP contribution in [0.4, 0.5) is 10.5 Å². The lowest BCUT2D eigenvalue weighted by Gasteiger charge is -2.43. The van der Waals surface area contributed by atoms with Crippen LogP contribution in [0.3, 0.4) is 0 Å². The highest BCUT2D eigenvalue weighted by Crippen LogP contribution is 2.42. The predicted octanol–water partition coefficient (Wildman–Crippen LogP) is 4.02. The molecule has 0 unspecified atom stereocenters.